The molecule has 3 N–H and O–H groups in total. The number of urea groups is 1. The molecule has 0 aromatic heterocycles. The lowest BCUT2D eigenvalue weighted by molar-refractivity contribution is -0.164. The minimum absolute atomic E-state index is 0.00737. The van der Waals surface area contributed by atoms with Crippen LogP contribution in [0.4, 0.5) is 4.79 Å². The van der Waals surface area contributed by atoms with E-state index in [1.165, 1.54) is 0 Å². The molecule has 0 aliphatic heterocycles. The molecule has 1 saturated carbocycles. The highest BCUT2D eigenvalue weighted by Gasteiger charge is 2.58. The summed E-state index contributed by atoms with van der Waals surface area (Å²) in [5.41, 5.74) is -0.00737. The third-order valence-corrected chi connectivity index (χ3v) is 4.90. The predicted octanol–water partition coefficient (Wildman–Crippen LogP) is 1.99. The second-order valence-corrected chi connectivity index (χ2v) is 5.83. The molecule has 21 heavy (non-hydrogen) atoms. The molecule has 2 amide bonds. The van der Waals surface area contributed by atoms with E-state index in [1.807, 2.05) is 0 Å². The predicted molar refractivity (Wildman–Crippen MR) is 80.2 cm³/mol. The number of ether oxygens (including phenoxy) is 1. The van der Waals surface area contributed by atoms with Crippen molar-refractivity contribution >= 4 is 12.0 Å². The van der Waals surface area contributed by atoms with Gasteiger partial charge in [0, 0.05) is 37.5 Å². The highest BCUT2D eigenvalue weighted by atomic mass is 16.5. The van der Waals surface area contributed by atoms with Crippen molar-refractivity contribution in [2.24, 2.45) is 11.3 Å². The van der Waals surface area contributed by atoms with Gasteiger partial charge in [0.15, 0.2) is 0 Å². The molecule has 3 unspecified atom stereocenters. The molecule has 3 atom stereocenters. The van der Waals surface area contributed by atoms with Crippen LogP contribution in [0.15, 0.2) is 0 Å². The Morgan fingerprint density at radius 2 is 1.90 bits per heavy atom. The number of methoxy groups -OCH3 is 1. The number of amides is 2. The van der Waals surface area contributed by atoms with Crippen molar-refractivity contribution in [3.63, 3.8) is 0 Å². The molecule has 0 spiro atoms. The number of aliphatic carboxylic acids is 1. The number of hydrogen-bond donors (Lipinski definition) is 3. The molecular formula is C15H28N2O4. The van der Waals surface area contributed by atoms with E-state index in [1.54, 1.807) is 7.11 Å². The third kappa shape index (κ3) is 3.67. The van der Waals surface area contributed by atoms with Crippen molar-refractivity contribution < 1.29 is 19.4 Å². The molecule has 1 aliphatic rings. The van der Waals surface area contributed by atoms with Gasteiger partial charge in [-0.3, -0.25) is 4.79 Å². The van der Waals surface area contributed by atoms with Gasteiger partial charge in [0.1, 0.15) is 0 Å². The van der Waals surface area contributed by atoms with E-state index in [-0.39, 0.29) is 35.9 Å². The van der Waals surface area contributed by atoms with Crippen LogP contribution in [-0.4, -0.2) is 42.9 Å². The Labute approximate surface area is 126 Å². The van der Waals surface area contributed by atoms with Gasteiger partial charge in [-0.2, -0.15) is 0 Å². The summed E-state index contributed by atoms with van der Waals surface area (Å²) < 4.78 is 5.60. The summed E-state index contributed by atoms with van der Waals surface area (Å²) >= 11 is 0. The summed E-state index contributed by atoms with van der Waals surface area (Å²) in [6.07, 6.45) is 2.59. The normalized spacial score (nSPS) is 26.8. The Bertz CT molecular complexity index is 369. The van der Waals surface area contributed by atoms with Gasteiger partial charge in [0.2, 0.25) is 0 Å². The zero-order chi connectivity index (χ0) is 16.0. The highest BCUT2D eigenvalue weighted by molar-refractivity contribution is 5.74. The molecule has 6 heteroatoms. The van der Waals surface area contributed by atoms with Crippen LogP contribution in [0.25, 0.3) is 0 Å². The fourth-order valence-electron chi connectivity index (χ4n) is 3.73. The third-order valence-electron chi connectivity index (χ3n) is 4.90. The zero-order valence-corrected chi connectivity index (χ0v) is 13.4. The molecule has 0 saturated heterocycles. The van der Waals surface area contributed by atoms with Crippen LogP contribution in [0.3, 0.4) is 0 Å². The van der Waals surface area contributed by atoms with Gasteiger partial charge in [-0.05, 0) is 19.3 Å². The van der Waals surface area contributed by atoms with E-state index in [2.05, 4.69) is 31.4 Å². The van der Waals surface area contributed by atoms with Crippen molar-refractivity contribution in [3.05, 3.63) is 0 Å². The fraction of sp³-hybridized carbons (Fsp3) is 0.867. The molecule has 122 valence electrons. The number of nitrogens with one attached hydrogen (secondary N) is 2. The molecule has 6 nitrogen and oxygen atoms in total. The van der Waals surface area contributed by atoms with Gasteiger partial charge in [-0.15, -0.1) is 0 Å². The molecule has 1 aliphatic carbocycles. The van der Waals surface area contributed by atoms with Crippen molar-refractivity contribution in [1.82, 2.24) is 10.6 Å². The van der Waals surface area contributed by atoms with Crippen LogP contribution in [0.2, 0.25) is 0 Å². The Morgan fingerprint density at radius 1 is 1.29 bits per heavy atom. The summed E-state index contributed by atoms with van der Waals surface area (Å²) in [6.45, 7) is 6.72. The molecule has 1 fully saturated rings. The maximum Gasteiger partial charge on any atom is 0.315 e. The molecule has 0 aromatic rings. The average molecular weight is 300 g/mol. The average Bonchev–Trinajstić information content (AvgIpc) is 2.46. The fourth-order valence-corrected chi connectivity index (χ4v) is 3.73. The number of hydrogen-bond acceptors (Lipinski definition) is 3. The molecule has 0 bridgehead atoms. The Hall–Kier alpha value is -1.30. The van der Waals surface area contributed by atoms with Gasteiger partial charge >= 0.3 is 12.0 Å². The lowest BCUT2D eigenvalue weighted by atomic mass is 9.53. The van der Waals surface area contributed by atoms with E-state index < -0.39 is 5.97 Å². The lowest BCUT2D eigenvalue weighted by Gasteiger charge is -2.59. The molecule has 0 aromatic carbocycles. The maximum absolute atomic E-state index is 11.9. The number of carbonyl (C=O) groups is 2. The Morgan fingerprint density at radius 3 is 2.38 bits per heavy atom. The SMILES string of the molecule is CCC1(CC)C(NC(=O)NCCCC(=O)O)C(C)C1OC. The molecule has 0 radical (unpaired) electrons. The van der Waals surface area contributed by atoms with Crippen molar-refractivity contribution in [3.8, 4) is 0 Å². The van der Waals surface area contributed by atoms with Gasteiger partial charge in [0.25, 0.3) is 0 Å². The van der Waals surface area contributed by atoms with Gasteiger partial charge in [0.05, 0.1) is 6.10 Å². The number of carbonyl (C=O) groups excluding carboxylic acids is 1. The summed E-state index contributed by atoms with van der Waals surface area (Å²) in [5.74, 6) is -0.566. The Kier molecular flexibility index (Phi) is 6.45. The minimum atomic E-state index is -0.844. The van der Waals surface area contributed by atoms with E-state index in [9.17, 15) is 9.59 Å². The molecule has 0 heterocycles. The van der Waals surface area contributed by atoms with Gasteiger partial charge in [-0.1, -0.05) is 20.8 Å². The number of rotatable bonds is 8. The number of carboxylic acid groups (broad SMARTS) is 1. The van der Waals surface area contributed by atoms with Gasteiger partial charge < -0.3 is 20.5 Å². The second-order valence-electron chi connectivity index (χ2n) is 5.83. The van der Waals surface area contributed by atoms with Crippen molar-refractivity contribution in [2.45, 2.75) is 58.6 Å². The maximum atomic E-state index is 11.9. The smallest absolute Gasteiger partial charge is 0.315 e. The first-order valence-corrected chi connectivity index (χ1v) is 7.71. The lowest BCUT2D eigenvalue weighted by Crippen LogP contribution is -2.70. The van der Waals surface area contributed by atoms with Crippen molar-refractivity contribution in [1.29, 1.82) is 0 Å². The van der Waals surface area contributed by atoms with E-state index in [4.69, 9.17) is 9.84 Å². The standard InChI is InChI=1S/C15H28N2O4/c1-5-15(6-2)12(10(3)13(15)21-4)17-14(20)16-9-7-8-11(18)19/h10,12-13H,5-9H2,1-4H3,(H,18,19)(H2,16,17,20). The van der Waals surface area contributed by atoms with Crippen LogP contribution < -0.4 is 10.6 Å². The van der Waals surface area contributed by atoms with E-state index in [0.29, 0.717) is 13.0 Å². The van der Waals surface area contributed by atoms with Crippen LogP contribution in [-0.2, 0) is 9.53 Å². The topological polar surface area (TPSA) is 87.7 Å². The largest absolute Gasteiger partial charge is 0.481 e. The quantitative estimate of drug-likeness (QED) is 0.598. The summed E-state index contributed by atoms with van der Waals surface area (Å²) in [7, 11) is 1.73. The first-order valence-electron chi connectivity index (χ1n) is 7.71. The summed E-state index contributed by atoms with van der Waals surface area (Å²) in [6, 6.07) is -0.130. The van der Waals surface area contributed by atoms with Crippen molar-refractivity contribution in [2.75, 3.05) is 13.7 Å². The second kappa shape index (κ2) is 7.64. The minimum Gasteiger partial charge on any atom is -0.481 e. The molecular weight excluding hydrogens is 272 g/mol. The summed E-state index contributed by atoms with van der Waals surface area (Å²) in [4.78, 5) is 22.4. The highest BCUT2D eigenvalue weighted by Crippen LogP contribution is 2.52. The van der Waals surface area contributed by atoms with Crippen LogP contribution >= 0.6 is 0 Å². The van der Waals surface area contributed by atoms with Crippen LogP contribution in [0.1, 0.15) is 46.5 Å². The zero-order valence-electron chi connectivity index (χ0n) is 13.4. The first kappa shape index (κ1) is 17.8. The van der Waals surface area contributed by atoms with Crippen LogP contribution in [0.5, 0.6) is 0 Å². The van der Waals surface area contributed by atoms with E-state index in [0.717, 1.165) is 12.8 Å². The van der Waals surface area contributed by atoms with Gasteiger partial charge in [-0.25, -0.2) is 4.79 Å². The number of carboxylic acids is 1. The molecule has 1 rings (SSSR count). The van der Waals surface area contributed by atoms with E-state index >= 15 is 0 Å². The first-order chi connectivity index (χ1) is 9.92. The monoisotopic (exact) mass is 300 g/mol. The van der Waals surface area contributed by atoms with Crippen LogP contribution in [0, 0.1) is 11.3 Å². The summed E-state index contributed by atoms with van der Waals surface area (Å²) in [5, 5.41) is 14.3. The Balaban J connectivity index is 2.49.